The lowest BCUT2D eigenvalue weighted by Crippen LogP contribution is -2.41. The SMILES string of the molecule is O=C(c1ccccc1Cl)N1CCN(CCN2CCC(c3cn(-c4ccc(F)cc4)c4ccc(Cl)cc34)CC2)C1=O. The molecular formula is C31H29Cl2FN4O2. The number of amides is 3. The summed E-state index contributed by atoms with van der Waals surface area (Å²) >= 11 is 12.6. The molecule has 0 bridgehead atoms. The quantitative estimate of drug-likeness (QED) is 0.252. The third-order valence-corrected chi connectivity index (χ3v) is 8.62. The van der Waals surface area contributed by atoms with E-state index in [0.717, 1.165) is 49.1 Å². The Bertz CT molecular complexity index is 1560. The summed E-state index contributed by atoms with van der Waals surface area (Å²) in [4.78, 5) is 31.3. The van der Waals surface area contributed by atoms with Crippen LogP contribution >= 0.6 is 23.2 Å². The largest absolute Gasteiger partial charge is 0.327 e. The van der Waals surface area contributed by atoms with Gasteiger partial charge in [0.2, 0.25) is 0 Å². The number of hydrogen-bond acceptors (Lipinski definition) is 3. The Morgan fingerprint density at radius 3 is 2.40 bits per heavy atom. The first-order valence-corrected chi connectivity index (χ1v) is 14.3. The van der Waals surface area contributed by atoms with Crippen molar-refractivity contribution >= 4 is 46.0 Å². The molecule has 1 aromatic heterocycles. The van der Waals surface area contributed by atoms with Crippen molar-refractivity contribution in [3.05, 3.63) is 99.9 Å². The first kappa shape index (κ1) is 26.8. The molecule has 40 heavy (non-hydrogen) atoms. The second-order valence-corrected chi connectivity index (χ2v) is 11.3. The van der Waals surface area contributed by atoms with Crippen LogP contribution in [-0.2, 0) is 0 Å². The minimum atomic E-state index is -0.348. The van der Waals surface area contributed by atoms with Crippen LogP contribution in [0.15, 0.2) is 72.9 Å². The van der Waals surface area contributed by atoms with Crippen molar-refractivity contribution in [3.8, 4) is 5.69 Å². The molecule has 9 heteroatoms. The van der Waals surface area contributed by atoms with Crippen molar-refractivity contribution in [2.24, 2.45) is 0 Å². The molecule has 2 aliphatic heterocycles. The van der Waals surface area contributed by atoms with Gasteiger partial charge in [0.1, 0.15) is 5.82 Å². The van der Waals surface area contributed by atoms with E-state index in [-0.39, 0.29) is 17.8 Å². The van der Waals surface area contributed by atoms with Crippen molar-refractivity contribution in [1.82, 2.24) is 19.3 Å². The van der Waals surface area contributed by atoms with E-state index in [1.165, 1.54) is 22.6 Å². The maximum absolute atomic E-state index is 13.5. The van der Waals surface area contributed by atoms with E-state index in [2.05, 4.69) is 15.7 Å². The minimum Gasteiger partial charge on any atom is -0.321 e. The van der Waals surface area contributed by atoms with Crippen LogP contribution in [0.25, 0.3) is 16.6 Å². The number of hydrogen-bond donors (Lipinski definition) is 0. The standard InChI is InChI=1S/C31H29Cl2FN4O2/c32-22-5-10-29-26(19-22)27(20-38(29)24-8-6-23(34)7-9-24)21-11-13-35(14-12-21)15-16-36-17-18-37(31(36)40)30(39)25-3-1-2-4-28(25)33/h1-10,19-21H,11-18H2. The Labute approximate surface area is 242 Å². The highest BCUT2D eigenvalue weighted by Crippen LogP contribution is 2.37. The van der Waals surface area contributed by atoms with E-state index >= 15 is 0 Å². The number of nitrogens with zero attached hydrogens (tertiary/aromatic N) is 4. The van der Waals surface area contributed by atoms with Crippen LogP contribution in [0.3, 0.4) is 0 Å². The van der Waals surface area contributed by atoms with E-state index < -0.39 is 0 Å². The predicted octanol–water partition coefficient (Wildman–Crippen LogP) is 6.83. The average Bonchev–Trinajstić information content (AvgIpc) is 3.52. The second-order valence-electron chi connectivity index (χ2n) is 10.4. The van der Waals surface area contributed by atoms with E-state index in [9.17, 15) is 14.0 Å². The minimum absolute atomic E-state index is 0.258. The summed E-state index contributed by atoms with van der Waals surface area (Å²) in [6.45, 7) is 4.06. The van der Waals surface area contributed by atoms with Gasteiger partial charge in [-0.15, -0.1) is 0 Å². The summed E-state index contributed by atoms with van der Waals surface area (Å²) in [7, 11) is 0. The van der Waals surface area contributed by atoms with Crippen molar-refractivity contribution in [2.75, 3.05) is 39.3 Å². The number of carbonyl (C=O) groups is 2. The Morgan fingerprint density at radius 2 is 1.65 bits per heavy atom. The molecule has 0 N–H and O–H groups in total. The fraction of sp³-hybridized carbons (Fsp3) is 0.290. The molecule has 3 aromatic carbocycles. The molecule has 0 atom stereocenters. The number of aromatic nitrogens is 1. The number of rotatable bonds is 6. The summed E-state index contributed by atoms with van der Waals surface area (Å²) in [5.41, 5.74) is 3.57. The van der Waals surface area contributed by atoms with E-state index in [0.29, 0.717) is 41.2 Å². The fourth-order valence-corrected chi connectivity index (χ4v) is 6.25. The smallest absolute Gasteiger partial charge is 0.321 e. The third kappa shape index (κ3) is 5.21. The van der Waals surface area contributed by atoms with Crippen molar-refractivity contribution in [1.29, 1.82) is 0 Å². The van der Waals surface area contributed by atoms with Crippen molar-refractivity contribution < 1.29 is 14.0 Å². The maximum atomic E-state index is 13.5. The van der Waals surface area contributed by atoms with E-state index in [1.54, 1.807) is 41.3 Å². The fourth-order valence-electron chi connectivity index (χ4n) is 5.86. The Morgan fingerprint density at radius 1 is 0.900 bits per heavy atom. The molecule has 0 radical (unpaired) electrons. The first-order valence-electron chi connectivity index (χ1n) is 13.5. The summed E-state index contributed by atoms with van der Waals surface area (Å²) < 4.78 is 15.7. The molecule has 2 fully saturated rings. The highest BCUT2D eigenvalue weighted by Gasteiger charge is 2.34. The lowest BCUT2D eigenvalue weighted by atomic mass is 9.89. The molecule has 2 aliphatic rings. The van der Waals surface area contributed by atoms with Gasteiger partial charge in [-0.05, 0) is 92.0 Å². The molecule has 2 saturated heterocycles. The number of halogens is 3. The molecule has 206 valence electrons. The zero-order valence-corrected chi connectivity index (χ0v) is 23.4. The van der Waals surface area contributed by atoms with Gasteiger partial charge in [0.05, 0.1) is 16.1 Å². The van der Waals surface area contributed by atoms with Gasteiger partial charge >= 0.3 is 6.03 Å². The van der Waals surface area contributed by atoms with Crippen LogP contribution in [0, 0.1) is 5.82 Å². The number of likely N-dealkylation sites (tertiary alicyclic amines) is 1. The normalized spacial score (nSPS) is 16.8. The molecule has 0 spiro atoms. The van der Waals surface area contributed by atoms with Gasteiger partial charge in [-0.25, -0.2) is 9.18 Å². The number of imide groups is 1. The number of benzene rings is 3. The zero-order chi connectivity index (χ0) is 27.8. The lowest BCUT2D eigenvalue weighted by molar-refractivity contribution is 0.0821. The van der Waals surface area contributed by atoms with Crippen LogP contribution in [0.5, 0.6) is 0 Å². The number of fused-ring (bicyclic) bond motifs is 1. The van der Waals surface area contributed by atoms with Crippen LogP contribution in [0.1, 0.15) is 34.7 Å². The molecule has 0 aliphatic carbocycles. The van der Waals surface area contributed by atoms with Gasteiger partial charge in [-0.1, -0.05) is 35.3 Å². The van der Waals surface area contributed by atoms with Gasteiger partial charge in [0.15, 0.2) is 0 Å². The summed E-state index contributed by atoms with van der Waals surface area (Å²) in [5, 5.41) is 2.17. The van der Waals surface area contributed by atoms with Gasteiger partial charge in [0.25, 0.3) is 5.91 Å². The predicted molar refractivity (Wildman–Crippen MR) is 156 cm³/mol. The van der Waals surface area contributed by atoms with Gasteiger partial charge < -0.3 is 14.4 Å². The molecule has 3 heterocycles. The summed E-state index contributed by atoms with van der Waals surface area (Å²) in [6, 6.07) is 19.0. The van der Waals surface area contributed by atoms with Crippen LogP contribution in [0.2, 0.25) is 10.0 Å². The number of piperidine rings is 1. The molecule has 4 aromatic rings. The van der Waals surface area contributed by atoms with Crippen molar-refractivity contribution in [3.63, 3.8) is 0 Å². The Kier molecular flexibility index (Phi) is 7.53. The second kappa shape index (κ2) is 11.2. The van der Waals surface area contributed by atoms with Crippen LogP contribution < -0.4 is 0 Å². The van der Waals surface area contributed by atoms with Gasteiger partial charge in [-0.3, -0.25) is 9.69 Å². The topological polar surface area (TPSA) is 48.8 Å². The average molecular weight is 580 g/mol. The monoisotopic (exact) mass is 578 g/mol. The summed E-state index contributed by atoms with van der Waals surface area (Å²) in [6.07, 6.45) is 4.14. The Hall–Kier alpha value is -3.39. The van der Waals surface area contributed by atoms with Crippen molar-refractivity contribution in [2.45, 2.75) is 18.8 Å². The summed E-state index contributed by atoms with van der Waals surface area (Å²) in [5.74, 6) is -0.235. The highest BCUT2D eigenvalue weighted by atomic mass is 35.5. The lowest BCUT2D eigenvalue weighted by Gasteiger charge is -2.33. The van der Waals surface area contributed by atoms with E-state index in [1.807, 2.05) is 18.2 Å². The first-order chi connectivity index (χ1) is 19.4. The molecular weight excluding hydrogens is 550 g/mol. The number of urea groups is 1. The number of carbonyl (C=O) groups excluding carboxylic acids is 2. The molecule has 0 saturated carbocycles. The molecule has 3 amide bonds. The highest BCUT2D eigenvalue weighted by molar-refractivity contribution is 6.34. The van der Waals surface area contributed by atoms with E-state index in [4.69, 9.17) is 23.2 Å². The molecule has 0 unspecified atom stereocenters. The third-order valence-electron chi connectivity index (χ3n) is 8.06. The zero-order valence-electron chi connectivity index (χ0n) is 21.9. The Balaban J connectivity index is 1.09. The van der Waals surface area contributed by atoms with Crippen LogP contribution in [0.4, 0.5) is 9.18 Å². The molecule has 6 nitrogen and oxygen atoms in total. The van der Waals surface area contributed by atoms with Gasteiger partial charge in [0, 0.05) is 48.5 Å². The maximum Gasteiger partial charge on any atom is 0.327 e. The van der Waals surface area contributed by atoms with Gasteiger partial charge in [-0.2, -0.15) is 0 Å². The molecule has 6 rings (SSSR count). The van der Waals surface area contributed by atoms with Crippen LogP contribution in [-0.4, -0.2) is 70.5 Å².